The van der Waals surface area contributed by atoms with Crippen LogP contribution in [0, 0.1) is 6.92 Å². The summed E-state index contributed by atoms with van der Waals surface area (Å²) in [5, 5.41) is 12.7. The fourth-order valence-electron chi connectivity index (χ4n) is 3.13. The minimum absolute atomic E-state index is 0.0978. The van der Waals surface area contributed by atoms with Gasteiger partial charge in [0.15, 0.2) is 0 Å². The quantitative estimate of drug-likeness (QED) is 0.893. The molecule has 0 aromatic heterocycles. The molecule has 0 fully saturated rings. The van der Waals surface area contributed by atoms with Gasteiger partial charge < -0.3 is 15.3 Å². The smallest absolute Gasteiger partial charge is 0.255 e. The maximum atomic E-state index is 12.7. The molecule has 4 nitrogen and oxygen atoms in total. The number of rotatable bonds is 5. The monoisotopic (exact) mass is 310 g/mol. The lowest BCUT2D eigenvalue weighted by Gasteiger charge is -2.15. The van der Waals surface area contributed by atoms with Crippen molar-refractivity contribution in [3.63, 3.8) is 0 Å². The molecule has 2 N–H and O–H groups in total. The highest BCUT2D eigenvalue weighted by Crippen LogP contribution is 2.28. The number of nitrogens with one attached hydrogen (secondary N) is 1. The number of amides is 1. The first-order valence-electron chi connectivity index (χ1n) is 7.98. The van der Waals surface area contributed by atoms with Crippen molar-refractivity contribution in [3.05, 3.63) is 64.2 Å². The van der Waals surface area contributed by atoms with Crippen molar-refractivity contribution < 1.29 is 9.90 Å². The van der Waals surface area contributed by atoms with E-state index in [-0.39, 0.29) is 11.7 Å². The molecule has 0 bridgehead atoms. The molecule has 120 valence electrons. The number of carbonyl (C=O) groups is 1. The van der Waals surface area contributed by atoms with Gasteiger partial charge in [0.2, 0.25) is 0 Å². The van der Waals surface area contributed by atoms with Crippen LogP contribution >= 0.6 is 0 Å². The van der Waals surface area contributed by atoms with Crippen LogP contribution in [-0.4, -0.2) is 22.5 Å². The summed E-state index contributed by atoms with van der Waals surface area (Å²) in [5.74, 6) is 0.342. The van der Waals surface area contributed by atoms with E-state index >= 15 is 0 Å². The maximum absolute atomic E-state index is 12.7. The van der Waals surface area contributed by atoms with Crippen LogP contribution in [0.5, 0.6) is 5.75 Å². The Morgan fingerprint density at radius 2 is 1.91 bits per heavy atom. The summed E-state index contributed by atoms with van der Waals surface area (Å²) >= 11 is 0. The normalized spacial score (nSPS) is 13.5. The first-order valence-corrected chi connectivity index (χ1v) is 7.98. The van der Waals surface area contributed by atoms with Gasteiger partial charge in [0.05, 0.1) is 0 Å². The van der Waals surface area contributed by atoms with Gasteiger partial charge in [-0.2, -0.15) is 0 Å². The van der Waals surface area contributed by atoms with E-state index in [0.717, 1.165) is 35.3 Å². The Hall–Kier alpha value is -2.33. The Labute approximate surface area is 136 Å². The van der Waals surface area contributed by atoms with Gasteiger partial charge in [0.25, 0.3) is 5.91 Å². The molecule has 2 aromatic carbocycles. The first-order chi connectivity index (χ1) is 11.1. The average molecular weight is 310 g/mol. The Balaban J connectivity index is 1.80. The Kier molecular flexibility index (Phi) is 4.35. The van der Waals surface area contributed by atoms with Crippen LogP contribution in [0.1, 0.15) is 39.5 Å². The molecule has 0 spiro atoms. The first kappa shape index (κ1) is 15.6. The fraction of sp³-hybridized carbons (Fsp3) is 0.316. The molecular formula is C19H22N2O2. The van der Waals surface area contributed by atoms with E-state index in [4.69, 9.17) is 0 Å². The highest BCUT2D eigenvalue weighted by Gasteiger charge is 2.29. The summed E-state index contributed by atoms with van der Waals surface area (Å²) in [6.07, 6.45) is 0. The second kappa shape index (κ2) is 6.42. The molecule has 0 saturated heterocycles. The largest absolute Gasteiger partial charge is 0.508 e. The highest BCUT2D eigenvalue weighted by atomic mass is 16.3. The minimum Gasteiger partial charge on any atom is -0.508 e. The number of phenolic OH excluding ortho intramolecular Hbond substituents is 1. The molecule has 0 aliphatic carbocycles. The van der Waals surface area contributed by atoms with Crippen LogP contribution in [0.15, 0.2) is 36.4 Å². The van der Waals surface area contributed by atoms with E-state index in [2.05, 4.69) is 24.4 Å². The summed E-state index contributed by atoms with van der Waals surface area (Å²) in [6, 6.07) is 11.3. The maximum Gasteiger partial charge on any atom is 0.255 e. The number of hydrogen-bond acceptors (Lipinski definition) is 3. The molecular weight excluding hydrogens is 288 g/mol. The topological polar surface area (TPSA) is 52.6 Å². The zero-order valence-electron chi connectivity index (χ0n) is 13.6. The number of aryl methyl sites for hydroxylation is 1. The van der Waals surface area contributed by atoms with Crippen molar-refractivity contribution in [1.29, 1.82) is 0 Å². The highest BCUT2D eigenvalue weighted by molar-refractivity contribution is 5.99. The molecule has 0 saturated carbocycles. The Morgan fingerprint density at radius 1 is 1.17 bits per heavy atom. The number of nitrogens with zero attached hydrogens (tertiary/aromatic N) is 1. The van der Waals surface area contributed by atoms with Gasteiger partial charge in [-0.25, -0.2) is 0 Å². The SMILES string of the molecule is CCNCc1cc(C)c2c(c1)CN(Cc1ccc(O)cc1)C2=O. The van der Waals surface area contributed by atoms with Gasteiger partial charge in [0, 0.05) is 25.2 Å². The van der Waals surface area contributed by atoms with E-state index in [0.29, 0.717) is 13.1 Å². The van der Waals surface area contributed by atoms with Crippen molar-refractivity contribution >= 4 is 5.91 Å². The van der Waals surface area contributed by atoms with E-state index in [9.17, 15) is 9.90 Å². The summed E-state index contributed by atoms with van der Waals surface area (Å²) in [4.78, 5) is 14.5. The predicted molar refractivity (Wildman–Crippen MR) is 90.2 cm³/mol. The second-order valence-corrected chi connectivity index (χ2v) is 6.05. The van der Waals surface area contributed by atoms with Gasteiger partial charge in [-0.1, -0.05) is 31.2 Å². The van der Waals surface area contributed by atoms with Crippen molar-refractivity contribution in [2.45, 2.75) is 33.5 Å². The number of benzene rings is 2. The number of fused-ring (bicyclic) bond motifs is 1. The summed E-state index contributed by atoms with van der Waals surface area (Å²) in [6.45, 7) is 7.07. The van der Waals surface area contributed by atoms with Crippen molar-refractivity contribution in [3.8, 4) is 5.75 Å². The lowest BCUT2D eigenvalue weighted by atomic mass is 10.0. The molecule has 0 radical (unpaired) electrons. The Morgan fingerprint density at radius 3 is 2.61 bits per heavy atom. The Bertz CT molecular complexity index is 723. The number of carbonyl (C=O) groups excluding carboxylic acids is 1. The molecule has 23 heavy (non-hydrogen) atoms. The third-order valence-corrected chi connectivity index (χ3v) is 4.23. The van der Waals surface area contributed by atoms with Gasteiger partial charge >= 0.3 is 0 Å². The molecule has 4 heteroatoms. The molecule has 1 heterocycles. The van der Waals surface area contributed by atoms with Crippen molar-refractivity contribution in [2.24, 2.45) is 0 Å². The molecule has 0 atom stereocenters. The van der Waals surface area contributed by atoms with Gasteiger partial charge in [0.1, 0.15) is 5.75 Å². The molecule has 0 unspecified atom stereocenters. The van der Waals surface area contributed by atoms with Crippen LogP contribution in [-0.2, 0) is 19.6 Å². The van der Waals surface area contributed by atoms with Crippen LogP contribution in [0.25, 0.3) is 0 Å². The lowest BCUT2D eigenvalue weighted by Crippen LogP contribution is -2.23. The minimum atomic E-state index is 0.0978. The van der Waals surface area contributed by atoms with Crippen LogP contribution < -0.4 is 5.32 Å². The molecule has 1 amide bonds. The van der Waals surface area contributed by atoms with Crippen LogP contribution in [0.4, 0.5) is 0 Å². The number of aromatic hydroxyl groups is 1. The average Bonchev–Trinajstić information content (AvgIpc) is 2.84. The van der Waals surface area contributed by atoms with Crippen LogP contribution in [0.2, 0.25) is 0 Å². The summed E-state index contributed by atoms with van der Waals surface area (Å²) in [5.41, 5.74) is 5.26. The van der Waals surface area contributed by atoms with Crippen molar-refractivity contribution in [1.82, 2.24) is 10.2 Å². The second-order valence-electron chi connectivity index (χ2n) is 6.05. The summed E-state index contributed by atoms with van der Waals surface area (Å²) in [7, 11) is 0. The van der Waals surface area contributed by atoms with E-state index < -0.39 is 0 Å². The zero-order valence-corrected chi connectivity index (χ0v) is 13.6. The third kappa shape index (κ3) is 3.22. The lowest BCUT2D eigenvalue weighted by molar-refractivity contribution is 0.0766. The third-order valence-electron chi connectivity index (χ3n) is 4.23. The standard InChI is InChI=1S/C19H22N2O2/c1-3-20-10-15-8-13(2)18-16(9-15)12-21(19(18)23)11-14-4-6-17(22)7-5-14/h4-9,20,22H,3,10-12H2,1-2H3. The fourth-order valence-corrected chi connectivity index (χ4v) is 3.13. The van der Waals surface area contributed by atoms with E-state index in [1.165, 1.54) is 5.56 Å². The van der Waals surface area contributed by atoms with Crippen LogP contribution in [0.3, 0.4) is 0 Å². The molecule has 1 aliphatic heterocycles. The molecule has 1 aliphatic rings. The molecule has 2 aromatic rings. The predicted octanol–water partition coefficient (Wildman–Crippen LogP) is 2.97. The van der Waals surface area contributed by atoms with Crippen molar-refractivity contribution in [2.75, 3.05) is 6.54 Å². The number of phenols is 1. The van der Waals surface area contributed by atoms with Gasteiger partial charge in [-0.3, -0.25) is 4.79 Å². The van der Waals surface area contributed by atoms with E-state index in [1.54, 1.807) is 12.1 Å². The van der Waals surface area contributed by atoms with Gasteiger partial charge in [-0.15, -0.1) is 0 Å². The zero-order chi connectivity index (χ0) is 16.4. The van der Waals surface area contributed by atoms with Gasteiger partial charge in [-0.05, 0) is 47.9 Å². The number of hydrogen-bond donors (Lipinski definition) is 2. The van der Waals surface area contributed by atoms with E-state index in [1.807, 2.05) is 24.0 Å². The molecule has 3 rings (SSSR count). The summed E-state index contributed by atoms with van der Waals surface area (Å²) < 4.78 is 0.